The van der Waals surface area contributed by atoms with Crippen molar-refractivity contribution in [3.8, 4) is 5.75 Å². The van der Waals surface area contributed by atoms with E-state index in [1.54, 1.807) is 0 Å². The summed E-state index contributed by atoms with van der Waals surface area (Å²) < 4.78 is 5.78. The number of hydrogen-bond donors (Lipinski definition) is 1. The maximum absolute atomic E-state index is 12.2. The van der Waals surface area contributed by atoms with Gasteiger partial charge in [0.15, 0.2) is 0 Å². The third kappa shape index (κ3) is 8.28. The number of benzene rings is 2. The van der Waals surface area contributed by atoms with Crippen LogP contribution in [0.1, 0.15) is 51.2 Å². The second kappa shape index (κ2) is 12.3. The number of amides is 1. The van der Waals surface area contributed by atoms with E-state index < -0.39 is 0 Å². The molecule has 2 aromatic carbocycles. The van der Waals surface area contributed by atoms with E-state index in [0.29, 0.717) is 19.0 Å². The topological polar surface area (TPSA) is 41.6 Å². The predicted octanol–water partition coefficient (Wildman–Crippen LogP) is 4.65. The number of carbonyl (C=O) groups excluding carboxylic acids is 1. The molecule has 2 rings (SSSR count). The summed E-state index contributed by atoms with van der Waals surface area (Å²) in [7, 11) is 0. The summed E-state index contributed by atoms with van der Waals surface area (Å²) in [5, 5.41) is 3.10. The fourth-order valence-electron chi connectivity index (χ4n) is 3.47. The van der Waals surface area contributed by atoms with Crippen LogP contribution in [-0.4, -0.2) is 43.1 Å². The lowest BCUT2D eigenvalue weighted by Crippen LogP contribution is -2.37. The van der Waals surface area contributed by atoms with Crippen molar-refractivity contribution in [1.29, 1.82) is 0 Å². The Morgan fingerprint density at radius 1 is 1.00 bits per heavy atom. The van der Waals surface area contributed by atoms with Crippen LogP contribution in [0.15, 0.2) is 54.6 Å². The molecule has 0 heterocycles. The van der Waals surface area contributed by atoms with E-state index >= 15 is 0 Å². The van der Waals surface area contributed by atoms with Gasteiger partial charge in [-0.05, 0) is 69.0 Å². The number of rotatable bonds is 12. The van der Waals surface area contributed by atoms with Crippen molar-refractivity contribution >= 4 is 5.91 Å². The van der Waals surface area contributed by atoms with Crippen molar-refractivity contribution in [3.63, 3.8) is 0 Å². The van der Waals surface area contributed by atoms with Crippen LogP contribution in [0.25, 0.3) is 0 Å². The van der Waals surface area contributed by atoms with Gasteiger partial charge in [-0.2, -0.15) is 0 Å². The maximum Gasteiger partial charge on any atom is 0.234 e. The highest BCUT2D eigenvalue weighted by Crippen LogP contribution is 2.26. The third-order valence-electron chi connectivity index (χ3n) is 5.12. The Morgan fingerprint density at radius 3 is 2.24 bits per heavy atom. The van der Waals surface area contributed by atoms with Gasteiger partial charge in [0.05, 0.1) is 12.6 Å². The summed E-state index contributed by atoms with van der Waals surface area (Å²) in [6.45, 7) is 11.2. The van der Waals surface area contributed by atoms with Gasteiger partial charge < -0.3 is 10.1 Å². The highest BCUT2D eigenvalue weighted by molar-refractivity contribution is 5.77. The summed E-state index contributed by atoms with van der Waals surface area (Å²) in [5.41, 5.74) is 2.59. The Labute approximate surface area is 176 Å². The first kappa shape index (κ1) is 23.0. The van der Waals surface area contributed by atoms with Gasteiger partial charge in [-0.25, -0.2) is 0 Å². The molecular weight excluding hydrogens is 360 g/mol. The minimum absolute atomic E-state index is 0.104. The zero-order valence-corrected chi connectivity index (χ0v) is 18.4. The predicted molar refractivity (Wildman–Crippen MR) is 121 cm³/mol. The molecule has 0 aliphatic rings. The Bertz CT molecular complexity index is 709. The van der Waals surface area contributed by atoms with Gasteiger partial charge in [-0.1, -0.05) is 56.3 Å². The molecule has 0 spiro atoms. The molecule has 0 bridgehead atoms. The smallest absolute Gasteiger partial charge is 0.234 e. The van der Waals surface area contributed by atoms with Gasteiger partial charge in [-0.15, -0.1) is 0 Å². The molecule has 1 N–H and O–H groups in total. The minimum atomic E-state index is 0.104. The van der Waals surface area contributed by atoms with Crippen molar-refractivity contribution < 1.29 is 9.53 Å². The van der Waals surface area contributed by atoms with Crippen LogP contribution >= 0.6 is 0 Å². The molecule has 29 heavy (non-hydrogen) atoms. The van der Waals surface area contributed by atoms with Gasteiger partial charge in [0.2, 0.25) is 5.91 Å². The molecule has 4 nitrogen and oxygen atoms in total. The molecule has 0 saturated heterocycles. The molecule has 1 atom stereocenters. The third-order valence-corrected chi connectivity index (χ3v) is 5.12. The Balaban J connectivity index is 2.00. The first-order valence-electron chi connectivity index (χ1n) is 10.8. The molecule has 4 heteroatoms. The zero-order valence-electron chi connectivity index (χ0n) is 18.4. The molecule has 0 fully saturated rings. The molecule has 0 radical (unpaired) electrons. The number of nitrogens with one attached hydrogen (secondary N) is 1. The van der Waals surface area contributed by atoms with Crippen LogP contribution in [-0.2, 0) is 11.2 Å². The van der Waals surface area contributed by atoms with Gasteiger partial charge in [-0.3, -0.25) is 9.69 Å². The molecule has 2 aromatic rings. The summed E-state index contributed by atoms with van der Waals surface area (Å²) >= 11 is 0. The number of nitrogens with zero attached hydrogens (tertiary/aromatic N) is 1. The monoisotopic (exact) mass is 396 g/mol. The second-order valence-corrected chi connectivity index (χ2v) is 7.72. The lowest BCUT2D eigenvalue weighted by atomic mass is 9.89. The van der Waals surface area contributed by atoms with E-state index in [0.717, 1.165) is 31.7 Å². The summed E-state index contributed by atoms with van der Waals surface area (Å²) in [6.07, 6.45) is 2.03. The molecule has 0 aliphatic carbocycles. The largest absolute Gasteiger partial charge is 0.491 e. The molecular formula is C25H36N2O2. The van der Waals surface area contributed by atoms with E-state index in [1.807, 2.05) is 32.0 Å². The molecule has 0 saturated carbocycles. The van der Waals surface area contributed by atoms with Crippen molar-refractivity contribution in [2.75, 3.05) is 26.2 Å². The normalized spacial score (nSPS) is 12.2. The maximum atomic E-state index is 12.2. The number of hydrogen-bond acceptors (Lipinski definition) is 3. The van der Waals surface area contributed by atoms with Crippen molar-refractivity contribution in [2.24, 2.45) is 0 Å². The summed E-state index contributed by atoms with van der Waals surface area (Å²) in [4.78, 5) is 14.4. The highest BCUT2D eigenvalue weighted by atomic mass is 16.5. The fourth-order valence-corrected chi connectivity index (χ4v) is 3.47. The fraction of sp³-hybridized carbons (Fsp3) is 0.480. The molecule has 158 valence electrons. The van der Waals surface area contributed by atoms with E-state index in [4.69, 9.17) is 4.74 Å². The van der Waals surface area contributed by atoms with Crippen LogP contribution in [0.2, 0.25) is 0 Å². The van der Waals surface area contributed by atoms with E-state index in [9.17, 15) is 4.79 Å². The van der Waals surface area contributed by atoms with Crippen LogP contribution in [0.3, 0.4) is 0 Å². The van der Waals surface area contributed by atoms with E-state index in [2.05, 4.69) is 60.5 Å². The van der Waals surface area contributed by atoms with Crippen molar-refractivity contribution in [1.82, 2.24) is 10.2 Å². The molecule has 0 aromatic heterocycles. The number of ether oxygens (including phenoxy) is 1. The van der Waals surface area contributed by atoms with Gasteiger partial charge in [0, 0.05) is 6.54 Å². The zero-order chi connectivity index (χ0) is 21.1. The first-order chi connectivity index (χ1) is 14.0. The standard InChI is InChI=1S/C25H36N2O2/c1-5-27(6-2)19-25(28)26-17-16-23(18-21-10-8-7-9-11-21)22-12-14-24(15-13-22)29-20(3)4/h7-15,20,23H,5-6,16-19H2,1-4H3,(H,26,28)/t23-/m1/s1. The van der Waals surface area contributed by atoms with Crippen molar-refractivity contribution in [3.05, 3.63) is 65.7 Å². The molecule has 1 amide bonds. The average Bonchev–Trinajstić information content (AvgIpc) is 2.72. The number of likely N-dealkylation sites (N-methyl/N-ethyl adjacent to an activating group) is 1. The Hall–Kier alpha value is -2.33. The highest BCUT2D eigenvalue weighted by Gasteiger charge is 2.14. The van der Waals surface area contributed by atoms with E-state index in [-0.39, 0.29) is 12.0 Å². The van der Waals surface area contributed by atoms with Crippen LogP contribution in [0.4, 0.5) is 0 Å². The summed E-state index contributed by atoms with van der Waals surface area (Å²) in [5.74, 6) is 1.35. The SMILES string of the molecule is CCN(CC)CC(=O)NCC[C@H](Cc1ccccc1)c1ccc(OC(C)C)cc1. The first-order valence-corrected chi connectivity index (χ1v) is 10.8. The lowest BCUT2D eigenvalue weighted by molar-refractivity contribution is -0.122. The van der Waals surface area contributed by atoms with Crippen molar-refractivity contribution in [2.45, 2.75) is 52.6 Å². The van der Waals surface area contributed by atoms with Crippen LogP contribution in [0, 0.1) is 0 Å². The van der Waals surface area contributed by atoms with Gasteiger partial charge in [0.25, 0.3) is 0 Å². The minimum Gasteiger partial charge on any atom is -0.491 e. The van der Waals surface area contributed by atoms with E-state index in [1.165, 1.54) is 11.1 Å². The molecule has 0 unspecified atom stereocenters. The Kier molecular flexibility index (Phi) is 9.72. The lowest BCUT2D eigenvalue weighted by Gasteiger charge is -2.20. The Morgan fingerprint density at radius 2 is 1.66 bits per heavy atom. The van der Waals surface area contributed by atoms with Crippen LogP contribution in [0.5, 0.6) is 5.75 Å². The van der Waals surface area contributed by atoms with Gasteiger partial charge in [0.1, 0.15) is 5.75 Å². The van der Waals surface area contributed by atoms with Gasteiger partial charge >= 0.3 is 0 Å². The second-order valence-electron chi connectivity index (χ2n) is 7.72. The molecule has 0 aliphatic heterocycles. The quantitative estimate of drug-likeness (QED) is 0.568. The average molecular weight is 397 g/mol. The number of carbonyl (C=O) groups is 1. The van der Waals surface area contributed by atoms with Crippen LogP contribution < -0.4 is 10.1 Å². The summed E-state index contributed by atoms with van der Waals surface area (Å²) in [6, 6.07) is 19.0.